The van der Waals surface area contributed by atoms with Crippen LogP contribution in [0.4, 0.5) is 0 Å². The fraction of sp³-hybridized carbons (Fsp3) is 0.417. The van der Waals surface area contributed by atoms with Crippen LogP contribution in [0.1, 0.15) is 18.6 Å². The van der Waals surface area contributed by atoms with Crippen molar-refractivity contribution in [3.8, 4) is 11.5 Å². The average molecular weight is 307 g/mol. The number of ether oxygens (including phenoxy) is 1. The van der Waals surface area contributed by atoms with E-state index in [1.165, 1.54) is 26.2 Å². The fourth-order valence-corrected chi connectivity index (χ4v) is 2.24. The van der Waals surface area contributed by atoms with Crippen LogP contribution < -0.4 is 4.74 Å². The number of phenols is 1. The Morgan fingerprint density at radius 2 is 2.11 bits per heavy atom. The molecule has 0 amide bonds. The number of thioether (sulfide) groups is 1. The predicted octanol–water partition coefficient (Wildman–Crippen LogP) is 1.73. The lowest BCUT2D eigenvalue weighted by Gasteiger charge is -2.18. The van der Waals surface area contributed by atoms with Crippen molar-refractivity contribution in [3.63, 3.8) is 0 Å². The smallest absolute Gasteiger partial charge is 0.185 e. The van der Waals surface area contributed by atoms with Crippen molar-refractivity contribution < 1.29 is 24.9 Å². The molecule has 3 N–H and O–H groups in total. The van der Waals surface area contributed by atoms with Crippen LogP contribution in [0.3, 0.4) is 0 Å². The van der Waals surface area contributed by atoms with E-state index in [1.807, 2.05) is 0 Å². The molecule has 0 aliphatic carbocycles. The summed E-state index contributed by atoms with van der Waals surface area (Å²) in [5.41, 5.74) is 0.302. The molecule has 19 heavy (non-hydrogen) atoms. The minimum absolute atomic E-state index is 0.0137. The van der Waals surface area contributed by atoms with Crippen molar-refractivity contribution in [2.45, 2.75) is 19.1 Å². The number of hydrogen-bond acceptors (Lipinski definition) is 6. The van der Waals surface area contributed by atoms with Gasteiger partial charge in [-0.25, -0.2) is 0 Å². The fourth-order valence-electron chi connectivity index (χ4n) is 1.44. The van der Waals surface area contributed by atoms with Crippen LogP contribution in [-0.2, 0) is 4.79 Å². The van der Waals surface area contributed by atoms with Crippen molar-refractivity contribution in [2.24, 2.45) is 0 Å². The van der Waals surface area contributed by atoms with Gasteiger partial charge in [0.15, 0.2) is 16.6 Å². The van der Waals surface area contributed by atoms with Crippen LogP contribution in [0.5, 0.6) is 11.5 Å². The zero-order valence-electron chi connectivity index (χ0n) is 10.5. The maximum Gasteiger partial charge on any atom is 0.185 e. The summed E-state index contributed by atoms with van der Waals surface area (Å²) in [4.78, 5) is 10.8. The van der Waals surface area contributed by atoms with Gasteiger partial charge in [0.2, 0.25) is 0 Å². The number of aromatic hydroxyl groups is 1. The summed E-state index contributed by atoms with van der Waals surface area (Å²) in [6, 6.07) is 2.72. The molecule has 0 bridgehead atoms. The van der Waals surface area contributed by atoms with Gasteiger partial charge in [0, 0.05) is 12.7 Å². The molecule has 106 valence electrons. The van der Waals surface area contributed by atoms with Gasteiger partial charge < -0.3 is 20.1 Å². The van der Waals surface area contributed by atoms with Crippen LogP contribution in [0.2, 0.25) is 5.02 Å². The molecule has 5 nitrogen and oxygen atoms in total. The number of halogens is 1. The van der Waals surface area contributed by atoms with Gasteiger partial charge in [-0.1, -0.05) is 23.4 Å². The van der Waals surface area contributed by atoms with Gasteiger partial charge in [0.25, 0.3) is 0 Å². The van der Waals surface area contributed by atoms with E-state index in [0.29, 0.717) is 5.56 Å². The molecule has 0 aromatic heterocycles. The van der Waals surface area contributed by atoms with E-state index in [9.17, 15) is 20.1 Å². The summed E-state index contributed by atoms with van der Waals surface area (Å²) in [5.74, 6) is -0.0576. The quantitative estimate of drug-likeness (QED) is 0.768. The summed E-state index contributed by atoms with van der Waals surface area (Å²) >= 11 is 6.71. The molecule has 0 aliphatic rings. The first kappa shape index (κ1) is 16.1. The number of hydrogen-bond donors (Lipinski definition) is 3. The second-order valence-electron chi connectivity index (χ2n) is 3.87. The van der Waals surface area contributed by atoms with Gasteiger partial charge in [-0.05, 0) is 17.7 Å². The molecule has 0 radical (unpaired) electrons. The molecule has 1 aromatic carbocycles. The van der Waals surface area contributed by atoms with E-state index in [-0.39, 0.29) is 27.4 Å². The Labute approximate surface area is 120 Å². The number of methoxy groups -OCH3 is 1. The van der Waals surface area contributed by atoms with Crippen LogP contribution in [0.25, 0.3) is 0 Å². The molecular formula is C12H15ClO5S. The lowest BCUT2D eigenvalue weighted by atomic mass is 10.0. The van der Waals surface area contributed by atoms with E-state index in [2.05, 4.69) is 0 Å². The Hall–Kier alpha value is -0.950. The first-order chi connectivity index (χ1) is 8.86. The molecule has 0 saturated heterocycles. The third-order valence-corrected chi connectivity index (χ3v) is 3.64. The van der Waals surface area contributed by atoms with Gasteiger partial charge in [0.1, 0.15) is 6.10 Å². The topological polar surface area (TPSA) is 87.0 Å². The Balaban J connectivity index is 2.90. The number of aliphatic hydroxyl groups excluding tert-OH is 2. The van der Waals surface area contributed by atoms with Gasteiger partial charge in [-0.15, -0.1) is 0 Å². The standard InChI is InChI=1S/C12H15ClO5S/c1-6(14)19-5-9(15)11(16)7-3-8(13)12(17)10(4-7)18-2/h3-4,9,11,15-17H,5H2,1-2H3. The van der Waals surface area contributed by atoms with Gasteiger partial charge in [-0.2, -0.15) is 0 Å². The first-order valence-electron chi connectivity index (χ1n) is 5.42. The molecule has 0 heterocycles. The molecule has 0 spiro atoms. The van der Waals surface area contributed by atoms with Crippen molar-refractivity contribution >= 4 is 28.5 Å². The lowest BCUT2D eigenvalue weighted by Crippen LogP contribution is -2.21. The van der Waals surface area contributed by atoms with Crippen LogP contribution in [-0.4, -0.2) is 39.4 Å². The molecule has 0 saturated carbocycles. The minimum Gasteiger partial charge on any atom is -0.503 e. The number of rotatable bonds is 5. The van der Waals surface area contributed by atoms with Crippen molar-refractivity contribution in [2.75, 3.05) is 12.9 Å². The molecule has 7 heteroatoms. The molecular weight excluding hydrogens is 292 g/mol. The molecule has 2 atom stereocenters. The number of carbonyl (C=O) groups excluding carboxylic acids is 1. The van der Waals surface area contributed by atoms with E-state index < -0.39 is 12.2 Å². The molecule has 2 unspecified atom stereocenters. The van der Waals surface area contributed by atoms with Crippen molar-refractivity contribution in [3.05, 3.63) is 22.7 Å². The van der Waals surface area contributed by atoms with Gasteiger partial charge in [0.05, 0.1) is 18.2 Å². The van der Waals surface area contributed by atoms with Crippen molar-refractivity contribution in [1.82, 2.24) is 0 Å². The maximum absolute atomic E-state index is 10.8. The Kier molecular flexibility index (Phi) is 5.93. The highest BCUT2D eigenvalue weighted by atomic mass is 35.5. The SMILES string of the molecule is COc1cc(C(O)C(O)CSC(C)=O)cc(Cl)c1O. The van der Waals surface area contributed by atoms with E-state index >= 15 is 0 Å². The van der Waals surface area contributed by atoms with E-state index in [0.717, 1.165) is 11.8 Å². The van der Waals surface area contributed by atoms with E-state index in [4.69, 9.17) is 16.3 Å². The number of phenolic OH excluding ortho intramolecular Hbond substituents is 1. The highest BCUT2D eigenvalue weighted by Gasteiger charge is 2.22. The third-order valence-electron chi connectivity index (χ3n) is 2.43. The summed E-state index contributed by atoms with van der Waals surface area (Å²) in [6.45, 7) is 1.38. The number of aliphatic hydroxyl groups is 2. The first-order valence-corrected chi connectivity index (χ1v) is 6.79. The van der Waals surface area contributed by atoms with Crippen molar-refractivity contribution in [1.29, 1.82) is 0 Å². The summed E-state index contributed by atoms with van der Waals surface area (Å²) in [7, 11) is 1.35. The Morgan fingerprint density at radius 1 is 1.47 bits per heavy atom. The lowest BCUT2D eigenvalue weighted by molar-refractivity contribution is -0.109. The highest BCUT2D eigenvalue weighted by molar-refractivity contribution is 8.13. The normalized spacial score (nSPS) is 13.9. The second kappa shape index (κ2) is 7.00. The van der Waals surface area contributed by atoms with Crippen LogP contribution in [0, 0.1) is 0 Å². The zero-order valence-corrected chi connectivity index (χ0v) is 12.0. The Morgan fingerprint density at radius 3 is 2.63 bits per heavy atom. The van der Waals surface area contributed by atoms with Crippen LogP contribution in [0.15, 0.2) is 12.1 Å². The molecule has 1 rings (SSSR count). The summed E-state index contributed by atoms with van der Waals surface area (Å²) in [6.07, 6.45) is -2.35. The number of benzene rings is 1. The highest BCUT2D eigenvalue weighted by Crippen LogP contribution is 2.37. The van der Waals surface area contributed by atoms with Gasteiger partial charge in [-0.3, -0.25) is 4.79 Å². The third kappa shape index (κ3) is 4.28. The second-order valence-corrected chi connectivity index (χ2v) is 5.47. The predicted molar refractivity (Wildman–Crippen MR) is 73.8 cm³/mol. The number of carbonyl (C=O) groups is 1. The molecule has 1 aromatic rings. The monoisotopic (exact) mass is 306 g/mol. The average Bonchev–Trinajstić information content (AvgIpc) is 2.37. The molecule has 0 fully saturated rings. The maximum atomic E-state index is 10.8. The summed E-state index contributed by atoms with van der Waals surface area (Å²) < 4.78 is 4.91. The van der Waals surface area contributed by atoms with E-state index in [1.54, 1.807) is 0 Å². The largest absolute Gasteiger partial charge is 0.503 e. The zero-order chi connectivity index (χ0) is 14.6. The molecule has 0 aliphatic heterocycles. The van der Waals surface area contributed by atoms with Crippen LogP contribution >= 0.6 is 23.4 Å². The Bertz CT molecular complexity index is 466. The minimum atomic E-state index is -1.22. The van der Waals surface area contributed by atoms with Gasteiger partial charge >= 0.3 is 0 Å². The summed E-state index contributed by atoms with van der Waals surface area (Å²) in [5, 5.41) is 29.2.